The number of nitrogens with one attached hydrogen (secondary N) is 1. The van der Waals surface area contributed by atoms with Gasteiger partial charge in [-0.2, -0.15) is 0 Å². The van der Waals surface area contributed by atoms with Gasteiger partial charge in [0.1, 0.15) is 0 Å². The van der Waals surface area contributed by atoms with Crippen molar-refractivity contribution < 1.29 is 14.7 Å². The van der Waals surface area contributed by atoms with Crippen molar-refractivity contribution in [1.29, 1.82) is 0 Å². The number of carbonyl (C=O) groups is 2. The largest absolute Gasteiger partial charge is 0.481 e. The van der Waals surface area contributed by atoms with Gasteiger partial charge in [0.25, 0.3) is 0 Å². The van der Waals surface area contributed by atoms with Crippen LogP contribution >= 0.6 is 0 Å². The molecule has 0 bridgehead atoms. The molecule has 0 aromatic carbocycles. The lowest BCUT2D eigenvalue weighted by molar-refractivity contribution is -0.138. The minimum Gasteiger partial charge on any atom is -0.481 e. The van der Waals surface area contributed by atoms with E-state index in [1.165, 1.54) is 6.42 Å². The molecule has 3 atom stereocenters. The Morgan fingerprint density at radius 2 is 2.33 bits per heavy atom. The molecule has 4 heteroatoms. The van der Waals surface area contributed by atoms with Crippen molar-refractivity contribution >= 4 is 12.4 Å². The third-order valence-electron chi connectivity index (χ3n) is 3.22. The van der Waals surface area contributed by atoms with Crippen LogP contribution in [0.3, 0.4) is 0 Å². The molecule has 4 nitrogen and oxygen atoms in total. The van der Waals surface area contributed by atoms with Crippen LogP contribution in [0.15, 0.2) is 0 Å². The molecule has 1 fully saturated rings. The van der Waals surface area contributed by atoms with Gasteiger partial charge in [-0.25, -0.2) is 0 Å². The fraction of sp³-hybridized carbons (Fsp3) is 0.818. The second-order valence-electron chi connectivity index (χ2n) is 4.52. The molecule has 0 aliphatic heterocycles. The molecular formula is C11H19NO3. The van der Waals surface area contributed by atoms with E-state index in [0.717, 1.165) is 19.3 Å². The molecule has 2 unspecified atom stereocenters. The number of carboxylic acids is 1. The summed E-state index contributed by atoms with van der Waals surface area (Å²) in [4.78, 5) is 21.1. The number of carbonyl (C=O) groups excluding carboxylic acids is 1. The van der Waals surface area contributed by atoms with Crippen LogP contribution in [0, 0.1) is 11.8 Å². The predicted molar refractivity (Wildman–Crippen MR) is 56.4 cm³/mol. The molecule has 1 aliphatic carbocycles. The molecule has 0 radical (unpaired) electrons. The standard InChI is InChI=1S/C11H19NO3/c1-8-3-2-4-9(5-8)10(12-7-13)6-11(14)15/h7-10H,2-6H2,1H3,(H,12,13)(H,14,15)/t8?,9?,10-/m0/s1. The fourth-order valence-electron chi connectivity index (χ4n) is 2.48. The zero-order valence-corrected chi connectivity index (χ0v) is 9.11. The number of aliphatic carboxylic acids is 1. The van der Waals surface area contributed by atoms with Crippen molar-refractivity contribution in [2.75, 3.05) is 0 Å². The maximum atomic E-state index is 10.7. The van der Waals surface area contributed by atoms with Crippen LogP contribution in [0.4, 0.5) is 0 Å². The summed E-state index contributed by atoms with van der Waals surface area (Å²) >= 11 is 0. The highest BCUT2D eigenvalue weighted by molar-refractivity contribution is 5.68. The van der Waals surface area contributed by atoms with E-state index in [2.05, 4.69) is 12.2 Å². The van der Waals surface area contributed by atoms with Crippen LogP contribution in [0.1, 0.15) is 39.0 Å². The maximum absolute atomic E-state index is 10.7. The highest BCUT2D eigenvalue weighted by Gasteiger charge is 2.27. The predicted octanol–water partition coefficient (Wildman–Crippen LogP) is 1.40. The Labute approximate surface area is 90.0 Å². The van der Waals surface area contributed by atoms with E-state index in [4.69, 9.17) is 5.11 Å². The first-order valence-electron chi connectivity index (χ1n) is 5.55. The highest BCUT2D eigenvalue weighted by atomic mass is 16.4. The van der Waals surface area contributed by atoms with Gasteiger partial charge >= 0.3 is 5.97 Å². The third-order valence-corrected chi connectivity index (χ3v) is 3.22. The molecule has 0 saturated heterocycles. The third kappa shape index (κ3) is 3.90. The Morgan fingerprint density at radius 3 is 2.87 bits per heavy atom. The van der Waals surface area contributed by atoms with Gasteiger partial charge in [-0.3, -0.25) is 9.59 Å². The molecule has 0 aromatic rings. The zero-order valence-electron chi connectivity index (χ0n) is 9.11. The van der Waals surface area contributed by atoms with Gasteiger partial charge < -0.3 is 10.4 Å². The quantitative estimate of drug-likeness (QED) is 0.678. The Bertz CT molecular complexity index is 230. The van der Waals surface area contributed by atoms with Crippen molar-refractivity contribution in [3.05, 3.63) is 0 Å². The zero-order chi connectivity index (χ0) is 11.3. The van der Waals surface area contributed by atoms with E-state index in [1.807, 2.05) is 0 Å². The highest BCUT2D eigenvalue weighted by Crippen LogP contribution is 2.31. The lowest BCUT2D eigenvalue weighted by Gasteiger charge is -2.32. The van der Waals surface area contributed by atoms with E-state index < -0.39 is 5.97 Å². The molecular weight excluding hydrogens is 194 g/mol. The summed E-state index contributed by atoms with van der Waals surface area (Å²) in [6.45, 7) is 2.19. The summed E-state index contributed by atoms with van der Waals surface area (Å²) in [5, 5.41) is 11.4. The van der Waals surface area contributed by atoms with Crippen molar-refractivity contribution in [3.63, 3.8) is 0 Å². The molecule has 1 rings (SSSR count). The van der Waals surface area contributed by atoms with E-state index in [0.29, 0.717) is 18.2 Å². The smallest absolute Gasteiger partial charge is 0.305 e. The Balaban J connectivity index is 2.52. The van der Waals surface area contributed by atoms with E-state index in [-0.39, 0.29) is 12.5 Å². The van der Waals surface area contributed by atoms with Gasteiger partial charge in [-0.1, -0.05) is 19.8 Å². The monoisotopic (exact) mass is 213 g/mol. The van der Waals surface area contributed by atoms with E-state index >= 15 is 0 Å². The van der Waals surface area contributed by atoms with E-state index in [9.17, 15) is 9.59 Å². The van der Waals surface area contributed by atoms with Crippen LogP contribution < -0.4 is 5.32 Å². The van der Waals surface area contributed by atoms with Gasteiger partial charge in [-0.15, -0.1) is 0 Å². The maximum Gasteiger partial charge on any atom is 0.305 e. The number of rotatable bonds is 5. The van der Waals surface area contributed by atoms with E-state index in [1.54, 1.807) is 0 Å². The van der Waals surface area contributed by atoms with Gasteiger partial charge in [0, 0.05) is 6.04 Å². The first-order valence-corrected chi connectivity index (χ1v) is 5.55. The number of carboxylic acid groups (broad SMARTS) is 1. The second kappa shape index (κ2) is 5.73. The Hall–Kier alpha value is -1.06. The minimum atomic E-state index is -0.840. The van der Waals surface area contributed by atoms with Crippen LogP contribution in [0.5, 0.6) is 0 Å². The van der Waals surface area contributed by atoms with Crippen LogP contribution in [-0.4, -0.2) is 23.5 Å². The molecule has 86 valence electrons. The topological polar surface area (TPSA) is 66.4 Å². The van der Waals surface area contributed by atoms with Crippen molar-refractivity contribution in [2.24, 2.45) is 11.8 Å². The molecule has 1 saturated carbocycles. The summed E-state index contributed by atoms with van der Waals surface area (Å²) in [6.07, 6.45) is 5.07. The van der Waals surface area contributed by atoms with Gasteiger partial charge in [0.15, 0.2) is 0 Å². The van der Waals surface area contributed by atoms with Crippen LogP contribution in [-0.2, 0) is 9.59 Å². The number of amides is 1. The molecule has 1 amide bonds. The molecule has 2 N–H and O–H groups in total. The summed E-state index contributed by atoms with van der Waals surface area (Å²) in [5.74, 6) is 0.135. The summed E-state index contributed by atoms with van der Waals surface area (Å²) in [7, 11) is 0. The van der Waals surface area contributed by atoms with Crippen molar-refractivity contribution in [3.8, 4) is 0 Å². The first-order chi connectivity index (χ1) is 7.13. The summed E-state index contributed by atoms with van der Waals surface area (Å²) in [5.41, 5.74) is 0. The summed E-state index contributed by atoms with van der Waals surface area (Å²) in [6, 6.07) is -0.192. The van der Waals surface area contributed by atoms with Crippen molar-refractivity contribution in [2.45, 2.75) is 45.1 Å². The fourth-order valence-corrected chi connectivity index (χ4v) is 2.48. The molecule has 1 aliphatic rings. The van der Waals surface area contributed by atoms with Crippen LogP contribution in [0.2, 0.25) is 0 Å². The normalized spacial score (nSPS) is 28.1. The number of hydrogen-bond acceptors (Lipinski definition) is 2. The first kappa shape index (κ1) is 12.0. The van der Waals surface area contributed by atoms with Crippen LogP contribution in [0.25, 0.3) is 0 Å². The number of hydrogen-bond donors (Lipinski definition) is 2. The lowest BCUT2D eigenvalue weighted by atomic mass is 9.78. The van der Waals surface area contributed by atoms with Gasteiger partial charge in [0.2, 0.25) is 6.41 Å². The average Bonchev–Trinajstić information content (AvgIpc) is 2.16. The summed E-state index contributed by atoms with van der Waals surface area (Å²) < 4.78 is 0. The molecule has 0 heterocycles. The SMILES string of the molecule is CC1CCCC([C@H](CC(=O)O)NC=O)C1. The van der Waals surface area contributed by atoms with Gasteiger partial charge in [0.05, 0.1) is 6.42 Å². The molecule has 0 aromatic heterocycles. The van der Waals surface area contributed by atoms with Crippen molar-refractivity contribution in [1.82, 2.24) is 5.32 Å². The molecule has 0 spiro atoms. The lowest BCUT2D eigenvalue weighted by Crippen LogP contribution is -2.39. The molecule has 15 heavy (non-hydrogen) atoms. The Kier molecular flexibility index (Phi) is 4.59. The Morgan fingerprint density at radius 1 is 1.60 bits per heavy atom. The van der Waals surface area contributed by atoms with Gasteiger partial charge in [-0.05, 0) is 24.7 Å². The average molecular weight is 213 g/mol. The second-order valence-corrected chi connectivity index (χ2v) is 4.52. The minimum absolute atomic E-state index is 0.0378.